The number of fused-ring (bicyclic) bond motifs is 1. The molecule has 2 amide bonds. The Morgan fingerprint density at radius 3 is 2.26 bits per heavy atom. The maximum absolute atomic E-state index is 14.3. The van der Waals surface area contributed by atoms with Crippen molar-refractivity contribution >= 4 is 62.0 Å². The predicted molar refractivity (Wildman–Crippen MR) is 184 cm³/mol. The van der Waals surface area contributed by atoms with Crippen LogP contribution in [0.1, 0.15) is 78.3 Å². The summed E-state index contributed by atoms with van der Waals surface area (Å²) >= 11 is 4.65. The molecule has 2 atom stereocenters. The van der Waals surface area contributed by atoms with E-state index in [0.717, 1.165) is 24.6 Å². The molecule has 1 aliphatic heterocycles. The molecule has 1 aliphatic rings. The topological polar surface area (TPSA) is 102 Å². The highest BCUT2D eigenvalue weighted by atomic mass is 79.9. The van der Waals surface area contributed by atoms with Crippen molar-refractivity contribution in [1.29, 1.82) is 0 Å². The molecule has 244 valence electrons. The van der Waals surface area contributed by atoms with Gasteiger partial charge in [0.15, 0.2) is 6.04 Å². The maximum Gasteiger partial charge on any atom is 0.333 e. The van der Waals surface area contributed by atoms with Gasteiger partial charge < -0.3 is 14.8 Å². The number of para-hydroxylation sites is 1. The molecule has 0 aliphatic carbocycles. The number of ether oxygens (including phenoxy) is 2. The number of amides is 2. The number of rotatable bonds is 12. The normalized spacial score (nSPS) is 17.1. The molecule has 4 rings (SSSR count). The van der Waals surface area contributed by atoms with Crippen LogP contribution in [0, 0.1) is 5.41 Å². The van der Waals surface area contributed by atoms with Crippen molar-refractivity contribution in [2.45, 2.75) is 83.3 Å². The molecule has 0 saturated carbocycles. The molecule has 0 saturated heterocycles. The van der Waals surface area contributed by atoms with Crippen molar-refractivity contribution in [1.82, 2.24) is 5.32 Å². The summed E-state index contributed by atoms with van der Waals surface area (Å²) in [5.74, 6) is -0.750. The number of hydrogen-bond acceptors (Lipinski definition) is 7. The molecule has 0 aromatic heterocycles. The minimum Gasteiger partial charge on any atom is -0.492 e. The second kappa shape index (κ2) is 15.3. The predicted octanol–water partition coefficient (Wildman–Crippen LogP) is 8.30. The first-order chi connectivity index (χ1) is 21.9. The second-order valence-electron chi connectivity index (χ2n) is 12.2. The Hall–Kier alpha value is -3.63. The van der Waals surface area contributed by atoms with Crippen molar-refractivity contribution in [3.05, 3.63) is 82.8 Å². The van der Waals surface area contributed by atoms with Gasteiger partial charge in [0.25, 0.3) is 0 Å². The van der Waals surface area contributed by atoms with Crippen molar-refractivity contribution in [2.75, 3.05) is 11.5 Å². The number of nitrogens with zero attached hydrogens (tertiary/aromatic N) is 1. The molecule has 46 heavy (non-hydrogen) atoms. The van der Waals surface area contributed by atoms with Crippen LogP contribution in [0.2, 0.25) is 0 Å². The smallest absolute Gasteiger partial charge is 0.333 e. The number of carbonyl (C=O) groups is 4. The average molecular weight is 710 g/mol. The molecule has 1 heterocycles. The zero-order chi connectivity index (χ0) is 33.5. The lowest BCUT2D eigenvalue weighted by Gasteiger charge is -2.33. The number of unbranched alkanes of at least 4 members (excludes halogenated alkanes) is 1. The number of hydrogen-bond donors (Lipinski definition) is 1. The van der Waals surface area contributed by atoms with E-state index in [2.05, 4.69) is 21.2 Å². The van der Waals surface area contributed by atoms with Gasteiger partial charge in [0.1, 0.15) is 16.8 Å². The molecule has 0 bridgehead atoms. The molecule has 8 nitrogen and oxygen atoms in total. The fourth-order valence-electron chi connectivity index (χ4n) is 5.26. The van der Waals surface area contributed by atoms with Gasteiger partial charge in [-0.3, -0.25) is 19.3 Å². The number of thioether (sulfide) groups is 1. The van der Waals surface area contributed by atoms with E-state index in [1.54, 1.807) is 62.1 Å². The molecule has 1 unspecified atom stereocenters. The van der Waals surface area contributed by atoms with Crippen LogP contribution in [0.25, 0.3) is 0 Å². The van der Waals surface area contributed by atoms with Crippen molar-refractivity contribution in [3.8, 4) is 5.75 Å². The lowest BCUT2D eigenvalue weighted by atomic mass is 9.79. The van der Waals surface area contributed by atoms with Crippen molar-refractivity contribution in [2.24, 2.45) is 5.41 Å². The highest BCUT2D eigenvalue weighted by Gasteiger charge is 2.49. The molecule has 3 aromatic rings. The maximum atomic E-state index is 14.3. The molecule has 3 aromatic carbocycles. The van der Waals surface area contributed by atoms with Crippen LogP contribution < -0.4 is 15.0 Å². The standard InChI is InChI=1S/C36H41BrN2O6S/c1-6-8-20-36(7-2)33(42)39(25-17-13-10-14-18-25)27-22-26(37)28(23-29(27)46-34(36)43)44-21-19-30(40)38-31(24-15-11-9-12-16-24)32(41)45-35(3,4)5/h9-18,22-23,31H,6-8,19-21H2,1-5H3,(H,38,40)/t31-,36?/m1/s1. The van der Waals surface area contributed by atoms with E-state index >= 15 is 0 Å². The summed E-state index contributed by atoms with van der Waals surface area (Å²) < 4.78 is 12.2. The third-order valence-electron chi connectivity index (χ3n) is 7.70. The van der Waals surface area contributed by atoms with Gasteiger partial charge in [0.2, 0.25) is 16.9 Å². The first-order valence-electron chi connectivity index (χ1n) is 15.6. The summed E-state index contributed by atoms with van der Waals surface area (Å²) in [6.45, 7) is 9.27. The number of benzene rings is 3. The van der Waals surface area contributed by atoms with Crippen molar-refractivity contribution < 1.29 is 28.7 Å². The summed E-state index contributed by atoms with van der Waals surface area (Å²) in [6.07, 6.45) is 2.44. The molecule has 0 spiro atoms. The molecule has 1 N–H and O–H groups in total. The van der Waals surface area contributed by atoms with E-state index in [1.165, 1.54) is 0 Å². The van der Waals surface area contributed by atoms with Gasteiger partial charge in [0, 0.05) is 10.6 Å². The van der Waals surface area contributed by atoms with E-state index < -0.39 is 23.0 Å². The van der Waals surface area contributed by atoms with Gasteiger partial charge in [-0.1, -0.05) is 75.2 Å². The fourth-order valence-corrected chi connectivity index (χ4v) is 6.86. The van der Waals surface area contributed by atoms with Gasteiger partial charge >= 0.3 is 5.97 Å². The largest absolute Gasteiger partial charge is 0.492 e. The van der Waals surface area contributed by atoms with Crippen LogP contribution in [0.4, 0.5) is 11.4 Å². The summed E-state index contributed by atoms with van der Waals surface area (Å²) in [5, 5.41) is 2.60. The van der Waals surface area contributed by atoms with Gasteiger partial charge in [0.05, 0.1) is 23.2 Å². The summed E-state index contributed by atoms with van der Waals surface area (Å²) in [4.78, 5) is 56.4. The van der Waals surface area contributed by atoms with E-state index in [0.29, 0.717) is 44.9 Å². The van der Waals surface area contributed by atoms with Gasteiger partial charge in [-0.25, -0.2) is 4.79 Å². The van der Waals surface area contributed by atoms with E-state index in [-0.39, 0.29) is 30.0 Å². The molecule has 0 fully saturated rings. The molecule has 10 heteroatoms. The minimum absolute atomic E-state index is 0.00832. The van der Waals surface area contributed by atoms with Gasteiger partial charge in [-0.05, 0) is 91.1 Å². The highest BCUT2D eigenvalue weighted by molar-refractivity contribution is 9.10. The fraction of sp³-hybridized carbons (Fsp3) is 0.389. The summed E-state index contributed by atoms with van der Waals surface area (Å²) in [7, 11) is 0. The van der Waals surface area contributed by atoms with E-state index in [1.807, 2.05) is 50.2 Å². The van der Waals surface area contributed by atoms with E-state index in [9.17, 15) is 19.2 Å². The third kappa shape index (κ3) is 8.20. The van der Waals surface area contributed by atoms with Gasteiger partial charge in [-0.15, -0.1) is 0 Å². The van der Waals surface area contributed by atoms with Crippen LogP contribution in [-0.2, 0) is 23.9 Å². The number of anilines is 2. The van der Waals surface area contributed by atoms with Crippen LogP contribution >= 0.6 is 27.7 Å². The Morgan fingerprint density at radius 1 is 1.00 bits per heavy atom. The number of nitrogens with one attached hydrogen (secondary N) is 1. The first kappa shape index (κ1) is 35.2. The van der Waals surface area contributed by atoms with Crippen molar-refractivity contribution in [3.63, 3.8) is 0 Å². The van der Waals surface area contributed by atoms with Crippen LogP contribution in [0.15, 0.2) is 82.2 Å². The Labute approximate surface area is 283 Å². The number of esters is 1. The Bertz CT molecular complexity index is 1560. The Kier molecular flexibility index (Phi) is 11.7. The van der Waals surface area contributed by atoms with Crippen LogP contribution in [0.5, 0.6) is 5.75 Å². The zero-order valence-electron chi connectivity index (χ0n) is 26.9. The van der Waals surface area contributed by atoms with Crippen LogP contribution in [-0.4, -0.2) is 35.1 Å². The third-order valence-corrected chi connectivity index (χ3v) is 9.45. The Balaban J connectivity index is 1.56. The lowest BCUT2D eigenvalue weighted by Crippen LogP contribution is -2.44. The monoisotopic (exact) mass is 708 g/mol. The van der Waals surface area contributed by atoms with Crippen LogP contribution in [0.3, 0.4) is 0 Å². The summed E-state index contributed by atoms with van der Waals surface area (Å²) in [6, 6.07) is 20.8. The summed E-state index contributed by atoms with van der Waals surface area (Å²) in [5.41, 5.74) is -0.0108. The van der Waals surface area contributed by atoms with Gasteiger partial charge in [-0.2, -0.15) is 0 Å². The number of carbonyl (C=O) groups excluding carboxylic acids is 4. The lowest BCUT2D eigenvalue weighted by molar-refractivity contribution is -0.159. The second-order valence-corrected chi connectivity index (χ2v) is 14.1. The first-order valence-corrected chi connectivity index (χ1v) is 17.2. The van der Waals surface area contributed by atoms with E-state index in [4.69, 9.17) is 9.47 Å². The minimum atomic E-state index is -1.16. The number of halogens is 1. The SMILES string of the molecule is CCCCC1(CC)C(=O)Sc2cc(OCCC(=O)N[C@@H](C(=O)OC(C)(C)C)c3ccccc3)c(Br)cc2N(c2ccccc2)C1=O. The molecule has 0 radical (unpaired) electrons. The Morgan fingerprint density at radius 2 is 1.65 bits per heavy atom. The highest BCUT2D eigenvalue weighted by Crippen LogP contribution is 2.50. The zero-order valence-corrected chi connectivity index (χ0v) is 29.3. The molecular formula is C36H41BrN2O6S. The quantitative estimate of drug-likeness (QED) is 0.149. The molecular weight excluding hydrogens is 668 g/mol. The average Bonchev–Trinajstić information content (AvgIpc) is 3.10.